The number of rotatable bonds is 2. The van der Waals surface area contributed by atoms with E-state index in [1.807, 2.05) is 50.1 Å². The average Bonchev–Trinajstić information content (AvgIpc) is 3.34. The molecule has 0 aromatic carbocycles. The molecular formula is C21H23BrN6O2. The number of fused-ring (bicyclic) bond motifs is 1. The van der Waals surface area contributed by atoms with Gasteiger partial charge in [0, 0.05) is 41.1 Å². The van der Waals surface area contributed by atoms with Gasteiger partial charge < -0.3 is 9.64 Å². The predicted molar refractivity (Wildman–Crippen MR) is 115 cm³/mol. The second-order valence-electron chi connectivity index (χ2n) is 8.47. The van der Waals surface area contributed by atoms with E-state index < -0.39 is 5.60 Å². The van der Waals surface area contributed by atoms with Crippen molar-refractivity contribution in [3.8, 4) is 17.2 Å². The van der Waals surface area contributed by atoms with E-state index in [0.29, 0.717) is 18.7 Å². The van der Waals surface area contributed by atoms with Crippen LogP contribution in [0.2, 0.25) is 0 Å². The molecule has 3 aromatic heterocycles. The minimum atomic E-state index is -0.507. The minimum absolute atomic E-state index is 0.0992. The van der Waals surface area contributed by atoms with Crippen molar-refractivity contribution in [2.45, 2.75) is 45.3 Å². The summed E-state index contributed by atoms with van der Waals surface area (Å²) in [5, 5.41) is 18.1. The number of likely N-dealkylation sites (tertiary alicyclic amines) is 1. The Kier molecular flexibility index (Phi) is 5.28. The summed E-state index contributed by atoms with van der Waals surface area (Å²) in [5.41, 5.74) is 2.64. The van der Waals surface area contributed by atoms with Crippen LogP contribution in [0.15, 0.2) is 35.3 Å². The number of hydrogen-bond acceptors (Lipinski definition) is 5. The fourth-order valence-electron chi connectivity index (χ4n) is 3.66. The number of ether oxygens (including phenoxy) is 1. The number of carbonyl (C=O) groups excluding carboxylic acids is 1. The molecular weight excluding hydrogens is 448 g/mol. The molecule has 156 valence electrons. The van der Waals surface area contributed by atoms with Crippen LogP contribution in [0.5, 0.6) is 0 Å². The number of piperidine rings is 1. The highest BCUT2D eigenvalue weighted by atomic mass is 79.9. The third-order valence-electron chi connectivity index (χ3n) is 5.04. The standard InChI is InChI=1S/C21H23BrN6O2/c1-21(2,3)30-20(29)26-6-4-5-17(13-26)27-12-16(10-24-27)14-7-18(22)19-15(8-23)9-25-28(19)11-14/h7,9-12,17H,4-6,13H2,1-3H3/t17-/m1/s1. The van der Waals surface area contributed by atoms with Crippen LogP contribution in [-0.4, -0.2) is 49.1 Å². The normalized spacial score (nSPS) is 17.2. The molecule has 30 heavy (non-hydrogen) atoms. The lowest BCUT2D eigenvalue weighted by Gasteiger charge is -2.34. The number of amides is 1. The van der Waals surface area contributed by atoms with E-state index >= 15 is 0 Å². The van der Waals surface area contributed by atoms with Gasteiger partial charge in [-0.05, 0) is 55.6 Å². The molecule has 0 radical (unpaired) electrons. The summed E-state index contributed by atoms with van der Waals surface area (Å²) in [6.07, 6.45) is 8.83. The Bertz CT molecular complexity index is 1140. The van der Waals surface area contributed by atoms with Crippen LogP contribution < -0.4 is 0 Å². The number of nitriles is 1. The lowest BCUT2D eigenvalue weighted by molar-refractivity contribution is 0.0167. The summed E-state index contributed by atoms with van der Waals surface area (Å²) in [5.74, 6) is 0. The molecule has 1 aliphatic heterocycles. The quantitative estimate of drug-likeness (QED) is 0.553. The van der Waals surface area contributed by atoms with Gasteiger partial charge in [-0.2, -0.15) is 15.5 Å². The van der Waals surface area contributed by atoms with Crippen LogP contribution in [0.3, 0.4) is 0 Å². The average molecular weight is 471 g/mol. The van der Waals surface area contributed by atoms with Crippen LogP contribution in [0, 0.1) is 11.3 Å². The van der Waals surface area contributed by atoms with Crippen molar-refractivity contribution < 1.29 is 9.53 Å². The summed E-state index contributed by atoms with van der Waals surface area (Å²) in [7, 11) is 0. The first-order chi connectivity index (χ1) is 14.2. The number of aromatic nitrogens is 4. The number of hydrogen-bond donors (Lipinski definition) is 0. The first kappa shape index (κ1) is 20.4. The van der Waals surface area contributed by atoms with Crippen molar-refractivity contribution in [3.05, 3.63) is 40.9 Å². The molecule has 1 fully saturated rings. The van der Waals surface area contributed by atoms with E-state index in [1.165, 1.54) is 0 Å². The van der Waals surface area contributed by atoms with Crippen molar-refractivity contribution in [1.82, 2.24) is 24.3 Å². The van der Waals surface area contributed by atoms with Gasteiger partial charge in [-0.1, -0.05) is 0 Å². The maximum Gasteiger partial charge on any atom is 0.410 e. The molecule has 8 nitrogen and oxygen atoms in total. The van der Waals surface area contributed by atoms with Crippen molar-refractivity contribution in [1.29, 1.82) is 5.26 Å². The Morgan fingerprint density at radius 1 is 1.27 bits per heavy atom. The molecule has 0 saturated carbocycles. The zero-order valence-corrected chi connectivity index (χ0v) is 18.8. The van der Waals surface area contributed by atoms with E-state index in [-0.39, 0.29) is 12.1 Å². The van der Waals surface area contributed by atoms with Crippen LogP contribution in [0.1, 0.15) is 45.2 Å². The first-order valence-electron chi connectivity index (χ1n) is 9.84. The van der Waals surface area contributed by atoms with Gasteiger partial charge in [-0.25, -0.2) is 9.31 Å². The second kappa shape index (κ2) is 7.76. The summed E-state index contributed by atoms with van der Waals surface area (Å²) in [6.45, 7) is 6.90. The summed E-state index contributed by atoms with van der Waals surface area (Å²) in [6, 6.07) is 4.22. The number of nitrogens with zero attached hydrogens (tertiary/aromatic N) is 6. The third-order valence-corrected chi connectivity index (χ3v) is 5.65. The topological polar surface area (TPSA) is 88.5 Å². The molecule has 9 heteroatoms. The van der Waals surface area contributed by atoms with Gasteiger partial charge >= 0.3 is 6.09 Å². The zero-order chi connectivity index (χ0) is 21.5. The lowest BCUT2D eigenvalue weighted by atomic mass is 10.1. The highest BCUT2D eigenvalue weighted by Gasteiger charge is 2.29. The Balaban J connectivity index is 1.55. The van der Waals surface area contributed by atoms with Gasteiger partial charge in [0.1, 0.15) is 11.7 Å². The van der Waals surface area contributed by atoms with Crippen LogP contribution in [0.4, 0.5) is 4.79 Å². The van der Waals surface area contributed by atoms with Crippen LogP contribution in [0.25, 0.3) is 16.6 Å². The molecule has 1 amide bonds. The predicted octanol–water partition coefficient (Wildman–Crippen LogP) is 4.40. The molecule has 1 saturated heterocycles. The highest BCUT2D eigenvalue weighted by Crippen LogP contribution is 2.30. The maximum absolute atomic E-state index is 12.4. The molecule has 4 rings (SSSR count). The van der Waals surface area contributed by atoms with E-state index in [2.05, 4.69) is 32.2 Å². The minimum Gasteiger partial charge on any atom is -0.444 e. The Hall–Kier alpha value is -2.86. The molecule has 0 aliphatic carbocycles. The van der Waals surface area contributed by atoms with Gasteiger partial charge in [-0.15, -0.1) is 0 Å². The maximum atomic E-state index is 12.4. The summed E-state index contributed by atoms with van der Waals surface area (Å²) < 4.78 is 9.94. The smallest absolute Gasteiger partial charge is 0.410 e. The highest BCUT2D eigenvalue weighted by molar-refractivity contribution is 9.10. The van der Waals surface area contributed by atoms with Gasteiger partial charge in [0.15, 0.2) is 0 Å². The Morgan fingerprint density at radius 2 is 2.07 bits per heavy atom. The summed E-state index contributed by atoms with van der Waals surface area (Å²) >= 11 is 3.55. The Morgan fingerprint density at radius 3 is 2.80 bits per heavy atom. The molecule has 3 aromatic rings. The molecule has 0 bridgehead atoms. The second-order valence-corrected chi connectivity index (χ2v) is 9.33. The third kappa shape index (κ3) is 4.05. The molecule has 0 N–H and O–H groups in total. The fraction of sp³-hybridized carbons (Fsp3) is 0.429. The van der Waals surface area contributed by atoms with Crippen LogP contribution >= 0.6 is 15.9 Å². The molecule has 0 unspecified atom stereocenters. The van der Waals surface area contributed by atoms with Crippen molar-refractivity contribution >= 4 is 27.5 Å². The fourth-order valence-corrected chi connectivity index (χ4v) is 4.30. The van der Waals surface area contributed by atoms with E-state index in [0.717, 1.165) is 34.0 Å². The van der Waals surface area contributed by atoms with Gasteiger partial charge in [0.2, 0.25) is 0 Å². The van der Waals surface area contributed by atoms with E-state index in [4.69, 9.17) is 4.74 Å². The first-order valence-corrected chi connectivity index (χ1v) is 10.6. The number of halogens is 1. The van der Waals surface area contributed by atoms with Crippen LogP contribution in [-0.2, 0) is 4.74 Å². The van der Waals surface area contributed by atoms with Gasteiger partial charge in [-0.3, -0.25) is 4.68 Å². The molecule has 1 aliphatic rings. The summed E-state index contributed by atoms with van der Waals surface area (Å²) in [4.78, 5) is 14.2. The van der Waals surface area contributed by atoms with E-state index in [9.17, 15) is 10.1 Å². The monoisotopic (exact) mass is 470 g/mol. The number of carbonyl (C=O) groups is 1. The largest absolute Gasteiger partial charge is 0.444 e. The lowest BCUT2D eigenvalue weighted by Crippen LogP contribution is -2.43. The van der Waals surface area contributed by atoms with E-state index in [1.54, 1.807) is 15.6 Å². The van der Waals surface area contributed by atoms with Crippen molar-refractivity contribution in [3.63, 3.8) is 0 Å². The SMILES string of the molecule is CC(C)(C)OC(=O)N1CCC[C@@H](n2cc(-c3cc(Br)c4c(C#N)cnn4c3)cn2)C1. The van der Waals surface area contributed by atoms with Crippen molar-refractivity contribution in [2.24, 2.45) is 0 Å². The van der Waals surface area contributed by atoms with Gasteiger partial charge in [0.25, 0.3) is 0 Å². The molecule has 1 atom stereocenters. The Labute approximate surface area is 183 Å². The molecule has 0 spiro atoms. The zero-order valence-electron chi connectivity index (χ0n) is 17.2. The number of pyridine rings is 1. The van der Waals surface area contributed by atoms with Gasteiger partial charge in [0.05, 0.1) is 29.5 Å². The molecule has 4 heterocycles. The van der Waals surface area contributed by atoms with Crippen molar-refractivity contribution in [2.75, 3.05) is 13.1 Å².